The summed E-state index contributed by atoms with van der Waals surface area (Å²) in [5.74, 6) is 0.263. The number of rotatable bonds is 2. The molecule has 4 heteroatoms. The highest BCUT2D eigenvalue weighted by Gasteiger charge is 2.31. The van der Waals surface area contributed by atoms with Gasteiger partial charge in [-0.05, 0) is 45.8 Å². The average molecular weight is 225 g/mol. The largest absolute Gasteiger partial charge is 0.353 e. The third-order valence-electron chi connectivity index (χ3n) is 3.97. The van der Waals surface area contributed by atoms with Crippen molar-refractivity contribution in [3.63, 3.8) is 0 Å². The smallest absolute Gasteiger partial charge is 0.224 e. The van der Waals surface area contributed by atoms with Crippen molar-refractivity contribution >= 4 is 5.91 Å². The molecular weight excluding hydrogens is 202 g/mol. The maximum Gasteiger partial charge on any atom is 0.224 e. The summed E-state index contributed by atoms with van der Waals surface area (Å²) < 4.78 is 0. The molecule has 2 unspecified atom stereocenters. The van der Waals surface area contributed by atoms with Crippen LogP contribution in [0, 0.1) is 5.92 Å². The Morgan fingerprint density at radius 2 is 1.94 bits per heavy atom. The van der Waals surface area contributed by atoms with Crippen LogP contribution in [0.2, 0.25) is 0 Å². The minimum atomic E-state index is 0.0691. The lowest BCUT2D eigenvalue weighted by Crippen LogP contribution is -2.47. The molecule has 1 saturated carbocycles. The lowest BCUT2D eigenvalue weighted by atomic mass is 10.0. The molecule has 2 rings (SSSR count). The Balaban J connectivity index is 1.78. The van der Waals surface area contributed by atoms with Gasteiger partial charge in [-0.3, -0.25) is 4.79 Å². The SMILES string of the molecule is CN1CCC(NC(=O)C2CCCC2N)CC1. The Kier molecular flexibility index (Phi) is 3.82. The maximum absolute atomic E-state index is 12.0. The number of carbonyl (C=O) groups excluding carboxylic acids is 1. The first-order valence-electron chi connectivity index (χ1n) is 6.41. The molecule has 2 fully saturated rings. The standard InChI is InChI=1S/C12H23N3O/c1-15-7-5-9(6-8-15)14-12(16)10-3-2-4-11(10)13/h9-11H,2-8,13H2,1H3,(H,14,16). The van der Waals surface area contributed by atoms with Crippen LogP contribution in [0.25, 0.3) is 0 Å². The zero-order chi connectivity index (χ0) is 11.5. The zero-order valence-electron chi connectivity index (χ0n) is 10.1. The molecule has 1 aliphatic heterocycles. The van der Waals surface area contributed by atoms with Gasteiger partial charge in [0.05, 0.1) is 5.92 Å². The van der Waals surface area contributed by atoms with E-state index >= 15 is 0 Å². The Morgan fingerprint density at radius 1 is 1.25 bits per heavy atom. The molecule has 1 amide bonds. The Bertz CT molecular complexity index is 249. The summed E-state index contributed by atoms with van der Waals surface area (Å²) in [6, 6.07) is 0.461. The van der Waals surface area contributed by atoms with Gasteiger partial charge in [0.1, 0.15) is 0 Å². The minimum Gasteiger partial charge on any atom is -0.353 e. The first-order chi connectivity index (χ1) is 7.66. The summed E-state index contributed by atoms with van der Waals surface area (Å²) in [5, 5.41) is 3.17. The predicted molar refractivity (Wildman–Crippen MR) is 64.0 cm³/mol. The van der Waals surface area contributed by atoms with E-state index in [-0.39, 0.29) is 17.9 Å². The number of hydrogen-bond donors (Lipinski definition) is 2. The normalized spacial score (nSPS) is 32.9. The lowest BCUT2D eigenvalue weighted by molar-refractivity contribution is -0.126. The molecule has 3 N–H and O–H groups in total. The molecule has 0 aromatic rings. The predicted octanol–water partition coefficient (Wildman–Crippen LogP) is 0.324. The van der Waals surface area contributed by atoms with E-state index in [1.165, 1.54) is 0 Å². The summed E-state index contributed by atoms with van der Waals surface area (Å²) in [6.07, 6.45) is 5.23. The van der Waals surface area contributed by atoms with Crippen LogP contribution in [-0.2, 0) is 4.79 Å². The number of carbonyl (C=O) groups is 1. The van der Waals surface area contributed by atoms with Crippen LogP contribution in [0.5, 0.6) is 0 Å². The highest BCUT2D eigenvalue weighted by atomic mass is 16.2. The third-order valence-corrected chi connectivity index (χ3v) is 3.97. The molecule has 1 saturated heterocycles. The van der Waals surface area contributed by atoms with E-state index in [4.69, 9.17) is 5.73 Å². The highest BCUT2D eigenvalue weighted by molar-refractivity contribution is 5.80. The Morgan fingerprint density at radius 3 is 2.50 bits per heavy atom. The van der Waals surface area contributed by atoms with Crippen molar-refractivity contribution < 1.29 is 4.79 Å². The maximum atomic E-state index is 12.0. The molecule has 2 aliphatic rings. The van der Waals surface area contributed by atoms with Gasteiger partial charge in [0.25, 0.3) is 0 Å². The molecule has 1 heterocycles. The highest BCUT2D eigenvalue weighted by Crippen LogP contribution is 2.24. The van der Waals surface area contributed by atoms with Crippen LogP contribution >= 0.6 is 0 Å². The number of amides is 1. The van der Waals surface area contributed by atoms with Gasteiger partial charge in [0.2, 0.25) is 5.91 Å². The van der Waals surface area contributed by atoms with Crippen molar-refractivity contribution in [3.05, 3.63) is 0 Å². The summed E-state index contributed by atoms with van der Waals surface area (Å²) >= 11 is 0. The fourth-order valence-corrected chi connectivity index (χ4v) is 2.78. The van der Waals surface area contributed by atoms with Crippen LogP contribution in [0.15, 0.2) is 0 Å². The molecule has 0 aromatic heterocycles. The molecule has 4 nitrogen and oxygen atoms in total. The van der Waals surface area contributed by atoms with Crippen LogP contribution in [0.1, 0.15) is 32.1 Å². The molecular formula is C12H23N3O. The van der Waals surface area contributed by atoms with Gasteiger partial charge in [0.15, 0.2) is 0 Å². The molecule has 1 aliphatic carbocycles. The van der Waals surface area contributed by atoms with Gasteiger partial charge in [-0.2, -0.15) is 0 Å². The second-order valence-corrected chi connectivity index (χ2v) is 5.29. The topological polar surface area (TPSA) is 58.4 Å². The number of piperidine rings is 1. The van der Waals surface area contributed by atoms with Crippen LogP contribution in [0.3, 0.4) is 0 Å². The fraction of sp³-hybridized carbons (Fsp3) is 0.917. The first-order valence-corrected chi connectivity index (χ1v) is 6.41. The van der Waals surface area contributed by atoms with E-state index in [2.05, 4.69) is 17.3 Å². The van der Waals surface area contributed by atoms with Crippen molar-refractivity contribution in [2.45, 2.75) is 44.2 Å². The second-order valence-electron chi connectivity index (χ2n) is 5.29. The van der Waals surface area contributed by atoms with Gasteiger partial charge in [-0.25, -0.2) is 0 Å². The van der Waals surface area contributed by atoms with Crippen molar-refractivity contribution in [3.8, 4) is 0 Å². The van der Waals surface area contributed by atoms with E-state index in [9.17, 15) is 4.79 Å². The van der Waals surface area contributed by atoms with Crippen LogP contribution in [0.4, 0.5) is 0 Å². The lowest BCUT2D eigenvalue weighted by Gasteiger charge is -2.30. The van der Waals surface area contributed by atoms with Crippen molar-refractivity contribution in [2.24, 2.45) is 11.7 Å². The Labute approximate surface area is 97.6 Å². The number of hydrogen-bond acceptors (Lipinski definition) is 3. The molecule has 92 valence electrons. The molecule has 16 heavy (non-hydrogen) atoms. The van der Waals surface area contributed by atoms with E-state index in [0.29, 0.717) is 6.04 Å². The van der Waals surface area contributed by atoms with Gasteiger partial charge in [-0.1, -0.05) is 6.42 Å². The van der Waals surface area contributed by atoms with Gasteiger partial charge in [0, 0.05) is 12.1 Å². The summed E-state index contributed by atoms with van der Waals surface area (Å²) in [6.45, 7) is 2.17. The summed E-state index contributed by atoms with van der Waals surface area (Å²) in [4.78, 5) is 14.3. The van der Waals surface area contributed by atoms with Crippen molar-refractivity contribution in [1.82, 2.24) is 10.2 Å². The van der Waals surface area contributed by atoms with E-state index in [1.807, 2.05) is 0 Å². The number of nitrogens with two attached hydrogens (primary N) is 1. The van der Waals surface area contributed by atoms with Crippen molar-refractivity contribution in [1.29, 1.82) is 0 Å². The van der Waals surface area contributed by atoms with Crippen LogP contribution < -0.4 is 11.1 Å². The number of nitrogens with one attached hydrogen (secondary N) is 1. The van der Waals surface area contributed by atoms with Crippen LogP contribution in [-0.4, -0.2) is 43.0 Å². The third kappa shape index (κ3) is 2.74. The molecule has 2 atom stereocenters. The molecule has 0 radical (unpaired) electrons. The van der Waals surface area contributed by atoms with Gasteiger partial charge >= 0.3 is 0 Å². The molecule has 0 bridgehead atoms. The fourth-order valence-electron chi connectivity index (χ4n) is 2.78. The molecule has 0 aromatic carbocycles. The van der Waals surface area contributed by atoms with Gasteiger partial charge in [-0.15, -0.1) is 0 Å². The number of likely N-dealkylation sites (tertiary alicyclic amines) is 1. The quantitative estimate of drug-likeness (QED) is 0.712. The zero-order valence-corrected chi connectivity index (χ0v) is 10.1. The first kappa shape index (κ1) is 11.9. The summed E-state index contributed by atoms with van der Waals surface area (Å²) in [7, 11) is 2.13. The van der Waals surface area contributed by atoms with E-state index < -0.39 is 0 Å². The Hall–Kier alpha value is -0.610. The van der Waals surface area contributed by atoms with Gasteiger partial charge < -0.3 is 16.0 Å². The summed E-state index contributed by atoms with van der Waals surface area (Å²) in [5.41, 5.74) is 5.94. The molecule has 0 spiro atoms. The van der Waals surface area contributed by atoms with E-state index in [1.54, 1.807) is 0 Å². The second kappa shape index (κ2) is 5.15. The average Bonchev–Trinajstić information content (AvgIpc) is 2.68. The van der Waals surface area contributed by atoms with E-state index in [0.717, 1.165) is 45.2 Å². The monoisotopic (exact) mass is 225 g/mol. The number of nitrogens with zero attached hydrogens (tertiary/aromatic N) is 1. The van der Waals surface area contributed by atoms with Crippen molar-refractivity contribution in [2.75, 3.05) is 20.1 Å². The minimum absolute atomic E-state index is 0.0691.